The van der Waals surface area contributed by atoms with E-state index >= 15 is 0 Å². The van der Waals surface area contributed by atoms with Crippen molar-refractivity contribution in [2.75, 3.05) is 5.73 Å². The zero-order valence-electron chi connectivity index (χ0n) is 10.7. The molecule has 2 aromatic heterocycles. The number of nitrogen functional groups attached to an aromatic ring is 1. The van der Waals surface area contributed by atoms with Crippen LogP contribution in [0, 0.1) is 11.3 Å². The Kier molecular flexibility index (Phi) is 2.97. The summed E-state index contributed by atoms with van der Waals surface area (Å²) in [5.74, 6) is 0.235. The molecule has 0 amide bonds. The van der Waals surface area contributed by atoms with Crippen LogP contribution >= 0.6 is 0 Å². The van der Waals surface area contributed by atoms with E-state index in [0.717, 1.165) is 10.2 Å². The molecule has 2 N–H and O–H groups in total. The first-order chi connectivity index (χ1) is 10.2. The first-order valence-corrected chi connectivity index (χ1v) is 5.98. The van der Waals surface area contributed by atoms with Crippen molar-refractivity contribution in [3.8, 4) is 17.4 Å². The number of hydrogen-bond donors (Lipinski definition) is 1. The maximum atomic E-state index is 12.3. The topological polar surface area (TPSA) is 111 Å². The molecule has 0 fully saturated rings. The maximum Gasteiger partial charge on any atom is 0.280 e. The second kappa shape index (κ2) is 4.94. The second-order valence-corrected chi connectivity index (χ2v) is 4.22. The molecule has 0 radical (unpaired) electrons. The van der Waals surface area contributed by atoms with E-state index in [2.05, 4.69) is 10.1 Å². The lowest BCUT2D eigenvalue weighted by Crippen LogP contribution is -2.16. The van der Waals surface area contributed by atoms with Crippen molar-refractivity contribution in [2.45, 2.75) is 0 Å². The molecule has 0 aliphatic carbocycles. The summed E-state index contributed by atoms with van der Waals surface area (Å²) in [5.41, 5.74) is 7.06. The summed E-state index contributed by atoms with van der Waals surface area (Å²) < 4.78 is 6.17. The summed E-state index contributed by atoms with van der Waals surface area (Å²) in [7, 11) is 0. The quantitative estimate of drug-likeness (QED) is 0.764. The average molecular weight is 279 g/mol. The average Bonchev–Trinajstić information content (AvgIpc) is 3.16. The van der Waals surface area contributed by atoms with Crippen LogP contribution in [0.25, 0.3) is 11.3 Å². The third-order valence-electron chi connectivity index (χ3n) is 2.97. The van der Waals surface area contributed by atoms with E-state index in [4.69, 9.17) is 15.4 Å². The molecule has 3 rings (SSSR count). The molecule has 0 aliphatic rings. The largest absolute Gasteiger partial charge is 0.444 e. The predicted molar refractivity (Wildman–Crippen MR) is 73.0 cm³/mol. The van der Waals surface area contributed by atoms with E-state index in [0.29, 0.717) is 11.3 Å². The molecule has 0 bridgehead atoms. The SMILES string of the molecule is N#Cc1cnn(C(=O)c2ccc(-c3cnco3)cc2)c1N. The number of nitrogens with two attached hydrogens (primary N) is 1. The Balaban J connectivity index is 1.92. The molecule has 7 nitrogen and oxygen atoms in total. The highest BCUT2D eigenvalue weighted by atomic mass is 16.3. The smallest absolute Gasteiger partial charge is 0.280 e. The minimum atomic E-state index is -0.405. The summed E-state index contributed by atoms with van der Waals surface area (Å²) in [5, 5.41) is 12.6. The Morgan fingerprint density at radius 1 is 1.29 bits per heavy atom. The number of aromatic nitrogens is 3. The molecular weight excluding hydrogens is 270 g/mol. The summed E-state index contributed by atoms with van der Waals surface area (Å²) in [4.78, 5) is 16.1. The normalized spacial score (nSPS) is 10.2. The number of nitrogens with zero attached hydrogens (tertiary/aromatic N) is 4. The van der Waals surface area contributed by atoms with E-state index in [1.165, 1.54) is 12.6 Å². The van der Waals surface area contributed by atoms with Crippen LogP contribution in [-0.4, -0.2) is 20.7 Å². The van der Waals surface area contributed by atoms with Crippen molar-refractivity contribution in [1.29, 1.82) is 5.26 Å². The molecule has 2 heterocycles. The zero-order valence-corrected chi connectivity index (χ0v) is 10.7. The number of hydrogen-bond acceptors (Lipinski definition) is 6. The Hall–Kier alpha value is -3.40. The summed E-state index contributed by atoms with van der Waals surface area (Å²) in [6.07, 6.45) is 4.18. The molecule has 21 heavy (non-hydrogen) atoms. The van der Waals surface area contributed by atoms with E-state index in [1.807, 2.05) is 6.07 Å². The van der Waals surface area contributed by atoms with Crippen LogP contribution in [0.2, 0.25) is 0 Å². The minimum absolute atomic E-state index is 0.0295. The van der Waals surface area contributed by atoms with Gasteiger partial charge in [-0.1, -0.05) is 12.1 Å². The maximum absolute atomic E-state index is 12.3. The van der Waals surface area contributed by atoms with Gasteiger partial charge in [-0.05, 0) is 12.1 Å². The summed E-state index contributed by atoms with van der Waals surface area (Å²) >= 11 is 0. The molecule has 0 atom stereocenters. The van der Waals surface area contributed by atoms with Gasteiger partial charge >= 0.3 is 0 Å². The highest BCUT2D eigenvalue weighted by molar-refractivity contribution is 5.97. The van der Waals surface area contributed by atoms with Crippen LogP contribution in [0.3, 0.4) is 0 Å². The van der Waals surface area contributed by atoms with Gasteiger partial charge < -0.3 is 10.2 Å². The molecule has 0 spiro atoms. The third kappa shape index (κ3) is 2.15. The zero-order chi connectivity index (χ0) is 14.8. The number of anilines is 1. The monoisotopic (exact) mass is 279 g/mol. The Morgan fingerprint density at radius 2 is 2.05 bits per heavy atom. The third-order valence-corrected chi connectivity index (χ3v) is 2.97. The molecular formula is C14H9N5O2. The molecule has 1 aromatic carbocycles. The van der Waals surface area contributed by atoms with Crippen molar-refractivity contribution >= 4 is 11.7 Å². The number of benzene rings is 1. The van der Waals surface area contributed by atoms with Gasteiger partial charge in [0.25, 0.3) is 5.91 Å². The van der Waals surface area contributed by atoms with Crippen LogP contribution < -0.4 is 5.73 Å². The van der Waals surface area contributed by atoms with E-state index in [9.17, 15) is 4.79 Å². The lowest BCUT2D eigenvalue weighted by molar-refractivity contribution is 0.0948. The number of carbonyl (C=O) groups excluding carboxylic acids is 1. The fourth-order valence-electron chi connectivity index (χ4n) is 1.86. The van der Waals surface area contributed by atoms with Crippen LogP contribution in [0.1, 0.15) is 15.9 Å². The lowest BCUT2D eigenvalue weighted by Gasteiger charge is -2.03. The van der Waals surface area contributed by atoms with Crippen molar-refractivity contribution in [2.24, 2.45) is 0 Å². The van der Waals surface area contributed by atoms with Crippen molar-refractivity contribution in [3.63, 3.8) is 0 Å². The molecule has 7 heteroatoms. The number of oxazole rings is 1. The summed E-state index contributed by atoms with van der Waals surface area (Å²) in [6, 6.07) is 8.60. The Labute approximate surface area is 119 Å². The van der Waals surface area contributed by atoms with E-state index < -0.39 is 5.91 Å². The molecule has 102 valence electrons. The van der Waals surface area contributed by atoms with Crippen molar-refractivity contribution in [1.82, 2.24) is 14.8 Å². The number of nitriles is 1. The van der Waals surface area contributed by atoms with E-state index in [-0.39, 0.29) is 11.4 Å². The van der Waals surface area contributed by atoms with Gasteiger partial charge in [-0.15, -0.1) is 0 Å². The number of carbonyl (C=O) groups is 1. The Bertz CT molecular complexity index is 825. The van der Waals surface area contributed by atoms with Gasteiger partial charge in [-0.2, -0.15) is 15.0 Å². The van der Waals surface area contributed by atoms with Crippen LogP contribution in [-0.2, 0) is 0 Å². The van der Waals surface area contributed by atoms with Gasteiger partial charge in [0.2, 0.25) is 0 Å². The van der Waals surface area contributed by atoms with Gasteiger partial charge in [0, 0.05) is 11.1 Å². The first-order valence-electron chi connectivity index (χ1n) is 5.98. The fraction of sp³-hybridized carbons (Fsp3) is 0. The highest BCUT2D eigenvalue weighted by Gasteiger charge is 2.15. The molecule has 3 aromatic rings. The van der Waals surface area contributed by atoms with Gasteiger partial charge in [0.05, 0.1) is 12.4 Å². The van der Waals surface area contributed by atoms with Gasteiger partial charge in [-0.3, -0.25) is 4.79 Å². The van der Waals surface area contributed by atoms with Gasteiger partial charge in [0.15, 0.2) is 12.2 Å². The van der Waals surface area contributed by atoms with Crippen LogP contribution in [0.15, 0.2) is 47.5 Å². The predicted octanol–water partition coefficient (Wildman–Crippen LogP) is 1.68. The van der Waals surface area contributed by atoms with Crippen LogP contribution in [0.5, 0.6) is 0 Å². The standard InChI is InChI=1S/C14H9N5O2/c15-5-11-6-18-19(13(11)16)14(20)10-3-1-9(2-4-10)12-7-17-8-21-12/h1-4,6-8H,16H2. The molecule has 0 unspecified atom stereocenters. The van der Waals surface area contributed by atoms with Crippen molar-refractivity contribution < 1.29 is 9.21 Å². The molecule has 0 saturated heterocycles. The number of rotatable bonds is 2. The molecule has 0 aliphatic heterocycles. The second-order valence-electron chi connectivity index (χ2n) is 4.22. The van der Waals surface area contributed by atoms with Crippen molar-refractivity contribution in [3.05, 3.63) is 54.2 Å². The Morgan fingerprint density at radius 3 is 2.62 bits per heavy atom. The lowest BCUT2D eigenvalue weighted by atomic mass is 10.1. The van der Waals surface area contributed by atoms with Gasteiger partial charge in [0.1, 0.15) is 17.5 Å². The minimum Gasteiger partial charge on any atom is -0.444 e. The highest BCUT2D eigenvalue weighted by Crippen LogP contribution is 2.20. The van der Waals surface area contributed by atoms with Crippen LogP contribution in [0.4, 0.5) is 5.82 Å². The summed E-state index contributed by atoms with van der Waals surface area (Å²) in [6.45, 7) is 0. The fourth-order valence-corrected chi connectivity index (χ4v) is 1.86. The molecule has 0 saturated carbocycles. The van der Waals surface area contributed by atoms with Gasteiger partial charge in [-0.25, -0.2) is 4.98 Å². The first kappa shape index (κ1) is 12.6. The van der Waals surface area contributed by atoms with E-state index in [1.54, 1.807) is 30.5 Å².